The summed E-state index contributed by atoms with van der Waals surface area (Å²) in [7, 11) is 1.70. The SMILES string of the molecule is CN(C(=O)c1cc(Br)ccc1F)C1CNC1. The van der Waals surface area contributed by atoms with E-state index in [1.165, 1.54) is 12.1 Å². The van der Waals surface area contributed by atoms with Gasteiger partial charge >= 0.3 is 0 Å². The van der Waals surface area contributed by atoms with E-state index in [9.17, 15) is 9.18 Å². The third-order valence-electron chi connectivity index (χ3n) is 2.79. The zero-order chi connectivity index (χ0) is 11.7. The van der Waals surface area contributed by atoms with Crippen molar-refractivity contribution in [2.24, 2.45) is 0 Å². The first-order valence-electron chi connectivity index (χ1n) is 5.02. The van der Waals surface area contributed by atoms with Crippen LogP contribution >= 0.6 is 15.9 Å². The smallest absolute Gasteiger partial charge is 0.256 e. The van der Waals surface area contributed by atoms with Gasteiger partial charge < -0.3 is 10.2 Å². The number of nitrogens with zero attached hydrogens (tertiary/aromatic N) is 1. The van der Waals surface area contributed by atoms with Gasteiger partial charge in [0.1, 0.15) is 5.82 Å². The lowest BCUT2D eigenvalue weighted by atomic mass is 10.1. The van der Waals surface area contributed by atoms with Crippen molar-refractivity contribution in [3.63, 3.8) is 0 Å². The molecule has 1 fully saturated rings. The van der Waals surface area contributed by atoms with Gasteiger partial charge in [0.25, 0.3) is 5.91 Å². The van der Waals surface area contributed by atoms with E-state index in [1.54, 1.807) is 18.0 Å². The maximum atomic E-state index is 13.5. The van der Waals surface area contributed by atoms with E-state index < -0.39 is 5.82 Å². The third-order valence-corrected chi connectivity index (χ3v) is 3.28. The molecule has 1 saturated heterocycles. The minimum Gasteiger partial charge on any atom is -0.336 e. The molecule has 0 spiro atoms. The van der Waals surface area contributed by atoms with Gasteiger partial charge in [-0.3, -0.25) is 4.79 Å². The molecule has 0 unspecified atom stereocenters. The van der Waals surface area contributed by atoms with Crippen LogP contribution in [0.25, 0.3) is 0 Å². The monoisotopic (exact) mass is 286 g/mol. The van der Waals surface area contributed by atoms with Crippen LogP contribution in [0.15, 0.2) is 22.7 Å². The number of halogens is 2. The average molecular weight is 287 g/mol. The number of benzene rings is 1. The number of hydrogen-bond donors (Lipinski definition) is 1. The Bertz CT molecular complexity index is 420. The summed E-state index contributed by atoms with van der Waals surface area (Å²) in [5.74, 6) is -0.752. The minimum atomic E-state index is -0.479. The Balaban J connectivity index is 2.22. The average Bonchev–Trinajstić information content (AvgIpc) is 2.18. The van der Waals surface area contributed by atoms with E-state index in [-0.39, 0.29) is 17.5 Å². The molecule has 3 nitrogen and oxygen atoms in total. The number of rotatable bonds is 2. The molecular weight excluding hydrogens is 275 g/mol. The molecule has 1 amide bonds. The van der Waals surface area contributed by atoms with Crippen molar-refractivity contribution < 1.29 is 9.18 Å². The van der Waals surface area contributed by atoms with E-state index in [0.29, 0.717) is 4.47 Å². The summed E-state index contributed by atoms with van der Waals surface area (Å²) in [6, 6.07) is 4.56. The number of hydrogen-bond acceptors (Lipinski definition) is 2. The Morgan fingerprint density at radius 1 is 1.56 bits per heavy atom. The maximum Gasteiger partial charge on any atom is 0.256 e. The molecular formula is C11H12BrFN2O. The number of carbonyl (C=O) groups excluding carboxylic acids is 1. The predicted octanol–water partition coefficient (Wildman–Crippen LogP) is 1.63. The second-order valence-corrected chi connectivity index (χ2v) is 4.77. The molecule has 16 heavy (non-hydrogen) atoms. The first kappa shape index (κ1) is 11.5. The second kappa shape index (κ2) is 4.51. The van der Waals surface area contributed by atoms with Crippen molar-refractivity contribution in [3.8, 4) is 0 Å². The molecule has 0 aliphatic carbocycles. The lowest BCUT2D eigenvalue weighted by Gasteiger charge is -2.35. The fourth-order valence-corrected chi connectivity index (χ4v) is 1.93. The van der Waals surface area contributed by atoms with Gasteiger partial charge in [-0.25, -0.2) is 4.39 Å². The van der Waals surface area contributed by atoms with Gasteiger partial charge in [0, 0.05) is 24.6 Å². The zero-order valence-electron chi connectivity index (χ0n) is 8.84. The van der Waals surface area contributed by atoms with E-state index >= 15 is 0 Å². The lowest BCUT2D eigenvalue weighted by Crippen LogP contribution is -2.57. The summed E-state index contributed by atoms with van der Waals surface area (Å²) in [5.41, 5.74) is 0.115. The predicted molar refractivity (Wildman–Crippen MR) is 62.9 cm³/mol. The highest BCUT2D eigenvalue weighted by atomic mass is 79.9. The fourth-order valence-electron chi connectivity index (χ4n) is 1.56. The molecule has 0 aromatic heterocycles. The molecule has 0 bridgehead atoms. The maximum absolute atomic E-state index is 13.5. The van der Waals surface area contributed by atoms with Crippen LogP contribution in [0.1, 0.15) is 10.4 Å². The van der Waals surface area contributed by atoms with Gasteiger partial charge in [-0.2, -0.15) is 0 Å². The molecule has 0 atom stereocenters. The number of nitrogens with one attached hydrogen (secondary N) is 1. The molecule has 1 aromatic rings. The molecule has 1 N–H and O–H groups in total. The highest BCUT2D eigenvalue weighted by Gasteiger charge is 2.27. The molecule has 5 heteroatoms. The van der Waals surface area contributed by atoms with E-state index in [0.717, 1.165) is 13.1 Å². The minimum absolute atomic E-state index is 0.115. The first-order chi connectivity index (χ1) is 7.59. The Morgan fingerprint density at radius 3 is 2.81 bits per heavy atom. The van der Waals surface area contributed by atoms with Crippen molar-refractivity contribution in [3.05, 3.63) is 34.1 Å². The van der Waals surface area contributed by atoms with Gasteiger partial charge in [-0.05, 0) is 18.2 Å². The van der Waals surface area contributed by atoms with Gasteiger partial charge in [-0.15, -0.1) is 0 Å². The molecule has 2 rings (SSSR count). The largest absolute Gasteiger partial charge is 0.336 e. The van der Waals surface area contributed by atoms with Crippen LogP contribution in [-0.2, 0) is 0 Å². The van der Waals surface area contributed by atoms with Crippen molar-refractivity contribution in [2.45, 2.75) is 6.04 Å². The van der Waals surface area contributed by atoms with E-state index in [2.05, 4.69) is 21.2 Å². The van der Waals surface area contributed by atoms with Crippen molar-refractivity contribution in [1.29, 1.82) is 0 Å². The van der Waals surface area contributed by atoms with Crippen LogP contribution in [0.3, 0.4) is 0 Å². The number of carbonyl (C=O) groups is 1. The van der Waals surface area contributed by atoms with Crippen LogP contribution in [0, 0.1) is 5.82 Å². The highest BCUT2D eigenvalue weighted by molar-refractivity contribution is 9.10. The normalized spacial score (nSPS) is 15.7. The summed E-state index contributed by atoms with van der Waals surface area (Å²) in [4.78, 5) is 13.6. The van der Waals surface area contributed by atoms with Crippen molar-refractivity contribution in [1.82, 2.24) is 10.2 Å². The topological polar surface area (TPSA) is 32.3 Å². The number of likely N-dealkylation sites (N-methyl/N-ethyl adjacent to an activating group) is 1. The molecule has 0 radical (unpaired) electrons. The standard InChI is InChI=1S/C11H12BrFN2O/c1-15(8-5-14-6-8)11(16)9-4-7(12)2-3-10(9)13/h2-4,8,14H,5-6H2,1H3. The zero-order valence-corrected chi connectivity index (χ0v) is 10.4. The van der Waals surface area contributed by atoms with Crippen LogP contribution in [0.2, 0.25) is 0 Å². The molecule has 1 aromatic carbocycles. The third kappa shape index (κ3) is 2.10. The lowest BCUT2D eigenvalue weighted by molar-refractivity contribution is 0.0676. The fraction of sp³-hybridized carbons (Fsp3) is 0.364. The highest BCUT2D eigenvalue weighted by Crippen LogP contribution is 2.18. The Hall–Kier alpha value is -0.940. The summed E-state index contributed by atoms with van der Waals surface area (Å²) in [6.07, 6.45) is 0. The summed E-state index contributed by atoms with van der Waals surface area (Å²) in [5, 5.41) is 3.08. The van der Waals surface area contributed by atoms with Gasteiger partial charge in [0.2, 0.25) is 0 Å². The number of amides is 1. The molecule has 0 saturated carbocycles. The van der Waals surface area contributed by atoms with Crippen molar-refractivity contribution >= 4 is 21.8 Å². The molecule has 1 aliphatic heterocycles. The van der Waals surface area contributed by atoms with Crippen LogP contribution in [0.4, 0.5) is 4.39 Å². The quantitative estimate of drug-likeness (QED) is 0.896. The molecule has 1 heterocycles. The van der Waals surface area contributed by atoms with Crippen molar-refractivity contribution in [2.75, 3.05) is 20.1 Å². The van der Waals surface area contributed by atoms with Gasteiger partial charge in [-0.1, -0.05) is 15.9 Å². The summed E-state index contributed by atoms with van der Waals surface area (Å²) >= 11 is 3.23. The van der Waals surface area contributed by atoms with Crippen LogP contribution < -0.4 is 5.32 Å². The van der Waals surface area contributed by atoms with E-state index in [4.69, 9.17) is 0 Å². The second-order valence-electron chi connectivity index (χ2n) is 3.85. The summed E-state index contributed by atoms with van der Waals surface area (Å²) < 4.78 is 14.2. The Labute approximate surface area is 102 Å². The Kier molecular flexibility index (Phi) is 3.25. The van der Waals surface area contributed by atoms with Gasteiger partial charge in [0.05, 0.1) is 11.6 Å². The molecule has 86 valence electrons. The first-order valence-corrected chi connectivity index (χ1v) is 5.82. The van der Waals surface area contributed by atoms with Crippen LogP contribution in [-0.4, -0.2) is 37.0 Å². The van der Waals surface area contributed by atoms with Crippen LogP contribution in [0.5, 0.6) is 0 Å². The van der Waals surface area contributed by atoms with E-state index in [1.807, 2.05) is 0 Å². The summed E-state index contributed by atoms with van der Waals surface area (Å²) in [6.45, 7) is 1.55. The Morgan fingerprint density at radius 2 is 2.25 bits per heavy atom. The van der Waals surface area contributed by atoms with Gasteiger partial charge in [0.15, 0.2) is 0 Å². The molecule has 1 aliphatic rings.